The molecule has 108 valence electrons. The summed E-state index contributed by atoms with van der Waals surface area (Å²) in [6, 6.07) is 4.22. The lowest BCUT2D eigenvalue weighted by molar-refractivity contribution is -0.114. The van der Waals surface area contributed by atoms with Crippen molar-refractivity contribution < 1.29 is 19.5 Å². The first kappa shape index (κ1) is 14.7. The second-order valence-electron chi connectivity index (χ2n) is 4.07. The molecule has 0 unspecified atom stereocenters. The van der Waals surface area contributed by atoms with Crippen LogP contribution < -0.4 is 10.6 Å². The molecule has 1 heterocycles. The van der Waals surface area contributed by atoms with E-state index < -0.39 is 11.9 Å². The van der Waals surface area contributed by atoms with Gasteiger partial charge in [-0.3, -0.25) is 14.6 Å². The van der Waals surface area contributed by atoms with Crippen molar-refractivity contribution in [2.45, 2.75) is 6.92 Å². The number of carboxylic acids is 1. The Balaban J connectivity index is 2.28. The largest absolute Gasteiger partial charge is 0.478 e. The molecule has 0 spiro atoms. The number of hydrogen-bond donors (Lipinski definition) is 3. The summed E-state index contributed by atoms with van der Waals surface area (Å²) in [6.07, 6.45) is 1.39. The number of aromatic nitrogens is 1. The highest BCUT2D eigenvalue weighted by Crippen LogP contribution is 2.22. The van der Waals surface area contributed by atoms with E-state index in [0.717, 1.165) is 11.3 Å². The fraction of sp³-hybridized carbons (Fsp3) is 0.0769. The average Bonchev–Trinajstić information content (AvgIpc) is 2.93. The van der Waals surface area contributed by atoms with Crippen molar-refractivity contribution >= 4 is 40.5 Å². The summed E-state index contributed by atoms with van der Waals surface area (Å²) in [6.45, 7) is 1.32. The minimum Gasteiger partial charge on any atom is -0.478 e. The summed E-state index contributed by atoms with van der Waals surface area (Å²) in [5, 5.41) is 14.2. The maximum Gasteiger partial charge on any atom is 0.337 e. The van der Waals surface area contributed by atoms with E-state index in [-0.39, 0.29) is 17.2 Å². The zero-order chi connectivity index (χ0) is 15.4. The Morgan fingerprint density at radius 2 is 2.00 bits per heavy atom. The van der Waals surface area contributed by atoms with Crippen LogP contribution in [0.2, 0.25) is 0 Å². The van der Waals surface area contributed by atoms with Gasteiger partial charge in [-0.15, -0.1) is 11.3 Å². The van der Waals surface area contributed by atoms with Crippen LogP contribution in [0, 0.1) is 0 Å². The van der Waals surface area contributed by atoms with Gasteiger partial charge in [0.1, 0.15) is 4.88 Å². The first-order valence-electron chi connectivity index (χ1n) is 5.82. The predicted molar refractivity (Wildman–Crippen MR) is 77.8 cm³/mol. The van der Waals surface area contributed by atoms with Gasteiger partial charge in [0.25, 0.3) is 5.91 Å². The Labute approximate surface area is 123 Å². The predicted octanol–water partition coefficient (Wildman–Crippen LogP) is 2.05. The van der Waals surface area contributed by atoms with Gasteiger partial charge in [0.15, 0.2) is 0 Å². The number of aromatic carboxylic acids is 1. The van der Waals surface area contributed by atoms with Crippen LogP contribution >= 0.6 is 11.3 Å². The fourth-order valence-corrected chi connectivity index (χ4v) is 2.14. The van der Waals surface area contributed by atoms with Crippen molar-refractivity contribution in [2.75, 3.05) is 10.6 Å². The molecule has 0 aliphatic rings. The van der Waals surface area contributed by atoms with E-state index in [0.29, 0.717) is 10.6 Å². The molecule has 0 atom stereocenters. The number of carbonyl (C=O) groups excluding carboxylic acids is 2. The van der Waals surface area contributed by atoms with Crippen LogP contribution in [-0.4, -0.2) is 27.9 Å². The van der Waals surface area contributed by atoms with E-state index in [1.807, 2.05) is 0 Å². The fourth-order valence-electron chi connectivity index (χ4n) is 1.62. The number of hydrogen-bond acceptors (Lipinski definition) is 5. The monoisotopic (exact) mass is 305 g/mol. The molecular formula is C13H11N3O4S. The van der Waals surface area contributed by atoms with Crippen molar-refractivity contribution in [1.82, 2.24) is 4.98 Å². The maximum absolute atomic E-state index is 11.9. The molecule has 0 saturated carbocycles. The van der Waals surface area contributed by atoms with Gasteiger partial charge in [-0.2, -0.15) is 0 Å². The number of carbonyl (C=O) groups is 3. The average molecular weight is 305 g/mol. The molecule has 0 fully saturated rings. The highest BCUT2D eigenvalue weighted by atomic mass is 32.1. The Hall–Kier alpha value is -2.74. The van der Waals surface area contributed by atoms with Crippen LogP contribution in [0.5, 0.6) is 0 Å². The molecule has 21 heavy (non-hydrogen) atoms. The summed E-state index contributed by atoms with van der Waals surface area (Å²) in [4.78, 5) is 38.3. The number of rotatable bonds is 4. The quantitative estimate of drug-likeness (QED) is 0.801. The molecule has 2 rings (SSSR count). The summed E-state index contributed by atoms with van der Waals surface area (Å²) in [7, 11) is 0. The molecule has 0 aliphatic heterocycles. The maximum atomic E-state index is 11.9. The lowest BCUT2D eigenvalue weighted by atomic mass is 10.1. The zero-order valence-corrected chi connectivity index (χ0v) is 11.7. The number of carboxylic acid groups (broad SMARTS) is 1. The number of benzene rings is 1. The van der Waals surface area contributed by atoms with Gasteiger partial charge >= 0.3 is 5.97 Å². The molecule has 0 bridgehead atoms. The van der Waals surface area contributed by atoms with Crippen molar-refractivity contribution in [3.63, 3.8) is 0 Å². The van der Waals surface area contributed by atoms with Crippen molar-refractivity contribution in [2.24, 2.45) is 0 Å². The highest BCUT2D eigenvalue weighted by molar-refractivity contribution is 7.11. The summed E-state index contributed by atoms with van der Waals surface area (Å²) < 4.78 is 0. The van der Waals surface area contributed by atoms with E-state index in [1.165, 1.54) is 36.8 Å². The van der Waals surface area contributed by atoms with E-state index >= 15 is 0 Å². The van der Waals surface area contributed by atoms with Gasteiger partial charge in [-0.1, -0.05) is 0 Å². The number of nitrogens with zero attached hydrogens (tertiary/aromatic N) is 1. The van der Waals surface area contributed by atoms with Gasteiger partial charge in [0, 0.05) is 12.6 Å². The normalized spacial score (nSPS) is 9.95. The van der Waals surface area contributed by atoms with Crippen molar-refractivity contribution in [3.05, 3.63) is 40.3 Å². The molecule has 2 amide bonds. The molecule has 0 radical (unpaired) electrons. The molecule has 1 aromatic heterocycles. The Morgan fingerprint density at radius 3 is 2.57 bits per heavy atom. The van der Waals surface area contributed by atoms with E-state index in [2.05, 4.69) is 15.6 Å². The third-order valence-corrected chi connectivity index (χ3v) is 3.25. The van der Waals surface area contributed by atoms with Crippen LogP contribution in [-0.2, 0) is 4.79 Å². The molecule has 0 aliphatic carbocycles. The van der Waals surface area contributed by atoms with Gasteiger partial charge in [-0.05, 0) is 18.2 Å². The SMILES string of the molecule is CC(=O)Nc1ccc(NC(=O)c2cncs2)c(C(=O)O)c1. The Kier molecular flexibility index (Phi) is 4.29. The van der Waals surface area contributed by atoms with E-state index in [1.54, 1.807) is 0 Å². The highest BCUT2D eigenvalue weighted by Gasteiger charge is 2.15. The van der Waals surface area contributed by atoms with Crippen LogP contribution in [0.4, 0.5) is 11.4 Å². The number of nitrogens with one attached hydrogen (secondary N) is 2. The molecule has 0 saturated heterocycles. The van der Waals surface area contributed by atoms with Gasteiger partial charge in [0.2, 0.25) is 5.91 Å². The van der Waals surface area contributed by atoms with Gasteiger partial charge in [0.05, 0.1) is 23.0 Å². The smallest absolute Gasteiger partial charge is 0.337 e. The molecule has 2 aromatic rings. The van der Waals surface area contributed by atoms with Gasteiger partial charge < -0.3 is 15.7 Å². The molecular weight excluding hydrogens is 294 g/mol. The lowest BCUT2D eigenvalue weighted by Crippen LogP contribution is -2.14. The van der Waals surface area contributed by atoms with Crippen molar-refractivity contribution in [3.8, 4) is 0 Å². The number of thiazole rings is 1. The second kappa shape index (κ2) is 6.14. The van der Waals surface area contributed by atoms with Crippen LogP contribution in [0.3, 0.4) is 0 Å². The van der Waals surface area contributed by atoms with E-state index in [4.69, 9.17) is 0 Å². The standard InChI is InChI=1S/C13H11N3O4S/c1-7(17)15-8-2-3-10(9(4-8)13(19)20)16-12(18)11-5-14-6-21-11/h2-6H,1H3,(H,15,17)(H,16,18)(H,19,20). The Bertz CT molecular complexity index is 697. The molecule has 8 heteroatoms. The topological polar surface area (TPSA) is 108 Å². The third kappa shape index (κ3) is 3.63. The first-order chi connectivity index (χ1) is 9.97. The number of anilines is 2. The first-order valence-corrected chi connectivity index (χ1v) is 6.70. The third-order valence-electron chi connectivity index (χ3n) is 2.47. The Morgan fingerprint density at radius 1 is 1.24 bits per heavy atom. The molecule has 7 nitrogen and oxygen atoms in total. The van der Waals surface area contributed by atoms with Gasteiger partial charge in [-0.25, -0.2) is 4.79 Å². The van der Waals surface area contributed by atoms with Crippen LogP contribution in [0.1, 0.15) is 27.0 Å². The summed E-state index contributed by atoms with van der Waals surface area (Å²) in [5.41, 5.74) is 1.89. The molecule has 3 N–H and O–H groups in total. The summed E-state index contributed by atoms with van der Waals surface area (Å²) in [5.74, 6) is -1.96. The van der Waals surface area contributed by atoms with E-state index in [9.17, 15) is 19.5 Å². The van der Waals surface area contributed by atoms with Crippen LogP contribution in [0.25, 0.3) is 0 Å². The van der Waals surface area contributed by atoms with Crippen LogP contribution in [0.15, 0.2) is 29.9 Å². The zero-order valence-electron chi connectivity index (χ0n) is 10.9. The minimum atomic E-state index is -1.21. The minimum absolute atomic E-state index is 0.112. The second-order valence-corrected chi connectivity index (χ2v) is 4.95. The summed E-state index contributed by atoms with van der Waals surface area (Å²) >= 11 is 1.15. The molecule has 1 aromatic carbocycles. The van der Waals surface area contributed by atoms with Crippen molar-refractivity contribution in [1.29, 1.82) is 0 Å². The number of amides is 2. The lowest BCUT2D eigenvalue weighted by Gasteiger charge is -2.10.